The number of ketones is 1. The minimum atomic E-state index is -2.39. The van der Waals surface area contributed by atoms with Gasteiger partial charge in [-0.1, -0.05) is 12.8 Å². The molecule has 40 heavy (non-hydrogen) atoms. The first-order valence-corrected chi connectivity index (χ1v) is 13.1. The van der Waals surface area contributed by atoms with Crippen molar-refractivity contribution < 1.29 is 59.0 Å². The summed E-state index contributed by atoms with van der Waals surface area (Å²) < 4.78 is 9.98. The average Bonchev–Trinajstić information content (AvgIpc) is 2.87. The summed E-state index contributed by atoms with van der Waals surface area (Å²) in [5.74, 6) is -4.02. The molecule has 0 heterocycles. The zero-order chi connectivity index (χ0) is 31.0. The van der Waals surface area contributed by atoms with Gasteiger partial charge in [0.15, 0.2) is 11.9 Å². The largest absolute Gasteiger partial charge is 0.479 e. The van der Waals surface area contributed by atoms with Crippen LogP contribution in [-0.4, -0.2) is 111 Å². The molecule has 0 saturated carbocycles. The number of Topliss-reactive ketones (excluding diaryl/α,β-unsaturated/α-hetero) is 1. The molecule has 0 aromatic carbocycles. The molecule has 0 bridgehead atoms. The third kappa shape index (κ3) is 14.5. The summed E-state index contributed by atoms with van der Waals surface area (Å²) in [7, 11) is 1.19. The van der Waals surface area contributed by atoms with Gasteiger partial charge in [0.25, 0.3) is 0 Å². The molecule has 15 heteroatoms. The predicted octanol–water partition coefficient (Wildman–Crippen LogP) is -1.29. The fourth-order valence-corrected chi connectivity index (χ4v) is 3.56. The van der Waals surface area contributed by atoms with Crippen LogP contribution in [0.15, 0.2) is 0 Å². The van der Waals surface area contributed by atoms with Crippen LogP contribution in [0.4, 0.5) is 4.79 Å². The maximum atomic E-state index is 13.0. The van der Waals surface area contributed by atoms with Crippen molar-refractivity contribution in [1.29, 1.82) is 0 Å². The monoisotopic (exact) mass is 579 g/mol. The SMILES string of the molecule is COC(=O)C(CCCCN)NC(=O)[C@@H](CCCCCC(=O)C(O)C(O)C(O)C(O)C(=O)O)NC(=O)OC(C)(C)C. The molecule has 0 radical (unpaired) electrons. The molecule has 0 rings (SSSR count). The van der Waals surface area contributed by atoms with E-state index in [0.717, 1.165) is 0 Å². The third-order valence-electron chi connectivity index (χ3n) is 5.75. The van der Waals surface area contributed by atoms with E-state index in [4.69, 9.17) is 20.3 Å². The van der Waals surface area contributed by atoms with Gasteiger partial charge in [0.1, 0.15) is 36.0 Å². The lowest BCUT2D eigenvalue weighted by Gasteiger charge is -2.25. The molecular weight excluding hydrogens is 534 g/mol. The quantitative estimate of drug-likeness (QED) is 0.0656. The van der Waals surface area contributed by atoms with E-state index in [1.165, 1.54) is 7.11 Å². The number of hydrogen-bond donors (Lipinski definition) is 8. The molecule has 0 aliphatic carbocycles. The topological polar surface area (TPSA) is 255 Å². The Hall–Kier alpha value is -2.85. The van der Waals surface area contributed by atoms with Gasteiger partial charge in [0.05, 0.1) is 7.11 Å². The van der Waals surface area contributed by atoms with Crippen LogP contribution in [0, 0.1) is 0 Å². The minimum absolute atomic E-state index is 0.102. The number of nitrogens with one attached hydrogen (secondary N) is 2. The zero-order valence-corrected chi connectivity index (χ0v) is 23.5. The number of alkyl carbamates (subject to hydrolysis) is 1. The van der Waals surface area contributed by atoms with Gasteiger partial charge in [0, 0.05) is 6.42 Å². The van der Waals surface area contributed by atoms with Gasteiger partial charge in [-0.3, -0.25) is 9.59 Å². The predicted molar refractivity (Wildman–Crippen MR) is 140 cm³/mol. The molecule has 15 nitrogen and oxygen atoms in total. The van der Waals surface area contributed by atoms with Crippen LogP contribution in [0.3, 0.4) is 0 Å². The Morgan fingerprint density at radius 2 is 1.35 bits per heavy atom. The van der Waals surface area contributed by atoms with Crippen LogP contribution in [0.25, 0.3) is 0 Å². The molecule has 0 fully saturated rings. The van der Waals surface area contributed by atoms with E-state index in [1.54, 1.807) is 20.8 Å². The van der Waals surface area contributed by atoms with Crippen molar-refractivity contribution in [2.45, 2.75) is 114 Å². The van der Waals surface area contributed by atoms with Crippen LogP contribution in [0.5, 0.6) is 0 Å². The van der Waals surface area contributed by atoms with Crippen LogP contribution < -0.4 is 16.4 Å². The Bertz CT molecular complexity index is 832. The van der Waals surface area contributed by atoms with E-state index in [2.05, 4.69) is 10.6 Å². The second-order valence-corrected chi connectivity index (χ2v) is 10.3. The standard InChI is InChI=1S/C25H45N3O12/c1-25(2,3)40-24(38)28-14(21(34)27-15(23(37)39-4)11-8-9-13-26)10-6-5-7-12-16(29)17(30)18(31)19(32)20(33)22(35)36/h14-15,17-20,30-33H,5-13,26H2,1-4H3,(H,27,34)(H,28,38)(H,35,36)/t14-,15?,17?,18?,19?,20?/m1/s1. The van der Waals surface area contributed by atoms with Crippen molar-refractivity contribution >= 4 is 29.7 Å². The van der Waals surface area contributed by atoms with Crippen molar-refractivity contribution in [2.24, 2.45) is 5.73 Å². The summed E-state index contributed by atoms with van der Waals surface area (Å²) in [6.07, 6.45) is -7.69. The molecule has 0 aliphatic heterocycles. The number of carboxylic acid groups (broad SMARTS) is 1. The smallest absolute Gasteiger partial charge is 0.408 e. The summed E-state index contributed by atoms with van der Waals surface area (Å²) in [5, 5.41) is 52.3. The highest BCUT2D eigenvalue weighted by Gasteiger charge is 2.37. The fourth-order valence-electron chi connectivity index (χ4n) is 3.56. The Morgan fingerprint density at radius 1 is 0.800 bits per heavy atom. The number of aliphatic carboxylic acids is 1. The Balaban J connectivity index is 5.12. The number of aliphatic hydroxyl groups excluding tert-OH is 4. The number of esters is 1. The summed E-state index contributed by atoms with van der Waals surface area (Å²) >= 11 is 0. The number of methoxy groups -OCH3 is 1. The first kappa shape index (κ1) is 37.1. The summed E-state index contributed by atoms with van der Waals surface area (Å²) in [4.78, 5) is 60.3. The maximum absolute atomic E-state index is 13.0. The van der Waals surface area contributed by atoms with Crippen molar-refractivity contribution in [3.63, 3.8) is 0 Å². The van der Waals surface area contributed by atoms with Crippen LogP contribution >= 0.6 is 0 Å². The second-order valence-electron chi connectivity index (χ2n) is 10.3. The van der Waals surface area contributed by atoms with Gasteiger partial charge in [0.2, 0.25) is 5.91 Å². The summed E-state index contributed by atoms with van der Waals surface area (Å²) in [6, 6.07) is -2.04. The average molecular weight is 580 g/mol. The van der Waals surface area contributed by atoms with E-state index in [-0.39, 0.29) is 25.7 Å². The minimum Gasteiger partial charge on any atom is -0.479 e. The van der Waals surface area contributed by atoms with Crippen LogP contribution in [0.1, 0.15) is 72.1 Å². The number of aliphatic hydroxyl groups is 4. The third-order valence-corrected chi connectivity index (χ3v) is 5.75. The molecule has 0 spiro atoms. The number of carbonyl (C=O) groups excluding carboxylic acids is 4. The number of ether oxygens (including phenoxy) is 2. The number of nitrogens with two attached hydrogens (primary N) is 1. The Morgan fingerprint density at radius 3 is 1.88 bits per heavy atom. The van der Waals surface area contributed by atoms with Gasteiger partial charge in [-0.05, 0) is 59.4 Å². The molecule has 5 unspecified atom stereocenters. The van der Waals surface area contributed by atoms with Crippen molar-refractivity contribution in [3.8, 4) is 0 Å². The number of carbonyl (C=O) groups is 5. The van der Waals surface area contributed by atoms with E-state index in [0.29, 0.717) is 32.2 Å². The number of carboxylic acids is 1. The van der Waals surface area contributed by atoms with Crippen LogP contribution in [0.2, 0.25) is 0 Å². The lowest BCUT2D eigenvalue weighted by Crippen LogP contribution is -2.52. The van der Waals surface area contributed by atoms with Crippen molar-refractivity contribution in [2.75, 3.05) is 13.7 Å². The summed E-state index contributed by atoms with van der Waals surface area (Å²) in [5.41, 5.74) is 4.66. The van der Waals surface area contributed by atoms with E-state index in [1.807, 2.05) is 0 Å². The van der Waals surface area contributed by atoms with Gasteiger partial charge in [-0.25, -0.2) is 14.4 Å². The highest BCUT2D eigenvalue weighted by molar-refractivity contribution is 5.89. The lowest BCUT2D eigenvalue weighted by atomic mass is 9.97. The molecule has 0 saturated heterocycles. The molecular formula is C25H45N3O12. The number of hydrogen-bond acceptors (Lipinski definition) is 12. The lowest BCUT2D eigenvalue weighted by molar-refractivity contribution is -0.165. The molecule has 6 atom stereocenters. The molecule has 0 aromatic rings. The second kappa shape index (κ2) is 18.5. The van der Waals surface area contributed by atoms with Gasteiger partial charge < -0.3 is 51.4 Å². The first-order valence-electron chi connectivity index (χ1n) is 13.1. The van der Waals surface area contributed by atoms with Crippen LogP contribution in [-0.2, 0) is 28.7 Å². The summed E-state index contributed by atoms with van der Waals surface area (Å²) in [6.45, 7) is 5.36. The zero-order valence-electron chi connectivity index (χ0n) is 23.5. The molecule has 2 amide bonds. The Kier molecular flexibility index (Phi) is 17.2. The fraction of sp³-hybridized carbons (Fsp3) is 0.800. The Labute approximate surface area is 233 Å². The van der Waals surface area contributed by atoms with E-state index >= 15 is 0 Å². The molecule has 0 aromatic heterocycles. The number of rotatable bonds is 19. The van der Waals surface area contributed by atoms with E-state index < -0.39 is 71.8 Å². The van der Waals surface area contributed by atoms with Gasteiger partial charge in [-0.2, -0.15) is 0 Å². The van der Waals surface area contributed by atoms with E-state index in [9.17, 15) is 44.4 Å². The molecule has 232 valence electrons. The van der Waals surface area contributed by atoms with Gasteiger partial charge >= 0.3 is 18.0 Å². The first-order chi connectivity index (χ1) is 18.5. The van der Waals surface area contributed by atoms with Crippen molar-refractivity contribution in [1.82, 2.24) is 10.6 Å². The normalized spacial score (nSPS) is 16.0. The number of amides is 2. The van der Waals surface area contributed by atoms with Gasteiger partial charge in [-0.15, -0.1) is 0 Å². The highest BCUT2D eigenvalue weighted by Crippen LogP contribution is 2.14. The molecule has 0 aliphatic rings. The molecule has 9 N–H and O–H groups in total. The number of unbranched alkanes of at least 4 members (excludes halogenated alkanes) is 3. The highest BCUT2D eigenvalue weighted by atomic mass is 16.6. The van der Waals surface area contributed by atoms with Crippen molar-refractivity contribution in [3.05, 3.63) is 0 Å². The maximum Gasteiger partial charge on any atom is 0.408 e.